The molecule has 0 aliphatic rings. The van der Waals surface area contributed by atoms with Crippen molar-refractivity contribution in [1.29, 1.82) is 0 Å². The minimum atomic E-state index is -0.556. The maximum Gasteiger partial charge on any atom is 0.356 e. The van der Waals surface area contributed by atoms with Gasteiger partial charge in [-0.05, 0) is 43.2 Å². The van der Waals surface area contributed by atoms with E-state index in [2.05, 4.69) is 14.7 Å². The highest BCUT2D eigenvalue weighted by Crippen LogP contribution is 2.07. The minimum absolute atomic E-state index is 0.128. The summed E-state index contributed by atoms with van der Waals surface area (Å²) in [7, 11) is 1.28. The van der Waals surface area contributed by atoms with Crippen LogP contribution in [0, 0.1) is 0 Å². The van der Waals surface area contributed by atoms with Crippen LogP contribution < -0.4 is 0 Å². The fourth-order valence-electron chi connectivity index (χ4n) is 2.15. The lowest BCUT2D eigenvalue weighted by Crippen LogP contribution is -2.33. The number of carbonyl (C=O) groups excluding carboxylic acids is 2. The number of rotatable bonds is 6. The Morgan fingerprint density at radius 2 is 1.83 bits per heavy atom. The number of pyridine rings is 2. The molecule has 0 N–H and O–H groups in total. The summed E-state index contributed by atoms with van der Waals surface area (Å²) in [6.07, 6.45) is 4.20. The lowest BCUT2D eigenvalue weighted by Gasteiger charge is -2.20. The van der Waals surface area contributed by atoms with Crippen molar-refractivity contribution in [2.24, 2.45) is 0 Å². The van der Waals surface area contributed by atoms with Crippen molar-refractivity contribution in [2.45, 2.75) is 13.3 Å². The molecule has 0 aliphatic carbocycles. The third-order valence-electron chi connectivity index (χ3n) is 3.45. The van der Waals surface area contributed by atoms with E-state index in [0.717, 1.165) is 12.0 Å². The molecule has 0 aliphatic heterocycles. The number of methoxy groups -OCH3 is 1. The van der Waals surface area contributed by atoms with Gasteiger partial charge in [0.05, 0.1) is 7.11 Å². The Balaban J connectivity index is 2.09. The molecule has 0 unspecified atom stereocenters. The fourth-order valence-corrected chi connectivity index (χ4v) is 2.15. The topological polar surface area (TPSA) is 72.4 Å². The number of hydrogen-bond acceptors (Lipinski definition) is 5. The van der Waals surface area contributed by atoms with Crippen LogP contribution in [0.4, 0.5) is 0 Å². The Hall–Kier alpha value is -2.76. The first-order valence-electron chi connectivity index (χ1n) is 7.39. The van der Waals surface area contributed by atoms with Gasteiger partial charge < -0.3 is 9.64 Å². The van der Waals surface area contributed by atoms with E-state index in [1.54, 1.807) is 29.4 Å². The normalized spacial score (nSPS) is 10.2. The van der Waals surface area contributed by atoms with Crippen LogP contribution in [0.2, 0.25) is 0 Å². The smallest absolute Gasteiger partial charge is 0.356 e. The molecular formula is C17H19N3O3. The summed E-state index contributed by atoms with van der Waals surface area (Å²) in [5.74, 6) is -0.758. The van der Waals surface area contributed by atoms with Crippen LogP contribution in [0.15, 0.2) is 42.7 Å². The molecule has 2 aromatic heterocycles. The largest absolute Gasteiger partial charge is 0.464 e. The summed E-state index contributed by atoms with van der Waals surface area (Å²) in [5.41, 5.74) is 1.48. The monoisotopic (exact) mass is 313 g/mol. The quantitative estimate of drug-likeness (QED) is 0.762. The summed E-state index contributed by atoms with van der Waals surface area (Å²) in [4.78, 5) is 33.8. The van der Waals surface area contributed by atoms with Crippen LogP contribution in [-0.2, 0) is 11.2 Å². The molecule has 6 nitrogen and oxygen atoms in total. The number of hydrogen-bond donors (Lipinski definition) is 0. The first-order valence-corrected chi connectivity index (χ1v) is 7.39. The third-order valence-corrected chi connectivity index (χ3v) is 3.45. The van der Waals surface area contributed by atoms with Gasteiger partial charge >= 0.3 is 5.97 Å². The maximum absolute atomic E-state index is 12.6. The first-order chi connectivity index (χ1) is 11.2. The molecule has 2 aromatic rings. The summed E-state index contributed by atoms with van der Waals surface area (Å²) in [6.45, 7) is 3.05. The van der Waals surface area contributed by atoms with Crippen LogP contribution in [0.5, 0.6) is 0 Å². The second-order valence-electron chi connectivity index (χ2n) is 4.89. The van der Waals surface area contributed by atoms with Gasteiger partial charge in [0.15, 0.2) is 0 Å². The highest BCUT2D eigenvalue weighted by atomic mass is 16.5. The van der Waals surface area contributed by atoms with Gasteiger partial charge in [0.25, 0.3) is 5.91 Å². The van der Waals surface area contributed by atoms with Crippen LogP contribution in [0.3, 0.4) is 0 Å². The SMILES string of the molecule is CCN(CCc1ccncc1)C(=O)c1cccc(C(=O)OC)n1. The summed E-state index contributed by atoms with van der Waals surface area (Å²) < 4.78 is 4.63. The number of amides is 1. The van der Waals surface area contributed by atoms with Crippen molar-refractivity contribution < 1.29 is 14.3 Å². The molecule has 1 amide bonds. The number of nitrogens with zero attached hydrogens (tertiary/aromatic N) is 3. The van der Waals surface area contributed by atoms with Gasteiger partial charge in [-0.3, -0.25) is 9.78 Å². The standard InChI is InChI=1S/C17H19N3O3/c1-3-20(12-9-13-7-10-18-11-8-13)16(21)14-5-4-6-15(19-14)17(22)23-2/h4-8,10-11H,3,9,12H2,1-2H3. The van der Waals surface area contributed by atoms with E-state index in [1.165, 1.54) is 13.2 Å². The second kappa shape index (κ2) is 8.03. The van der Waals surface area contributed by atoms with Crippen LogP contribution in [-0.4, -0.2) is 46.9 Å². The van der Waals surface area contributed by atoms with Crippen molar-refractivity contribution in [3.63, 3.8) is 0 Å². The molecule has 0 saturated carbocycles. The molecule has 0 radical (unpaired) electrons. The van der Waals surface area contributed by atoms with E-state index in [0.29, 0.717) is 13.1 Å². The third kappa shape index (κ3) is 4.35. The molecule has 0 aromatic carbocycles. The number of carbonyl (C=O) groups is 2. The van der Waals surface area contributed by atoms with Gasteiger partial charge in [0, 0.05) is 25.5 Å². The van der Waals surface area contributed by atoms with E-state index in [4.69, 9.17) is 0 Å². The van der Waals surface area contributed by atoms with E-state index in [1.807, 2.05) is 19.1 Å². The zero-order chi connectivity index (χ0) is 16.7. The van der Waals surface area contributed by atoms with Gasteiger partial charge in [-0.25, -0.2) is 9.78 Å². The van der Waals surface area contributed by atoms with E-state index >= 15 is 0 Å². The Labute approximate surface area is 135 Å². The molecule has 0 atom stereocenters. The van der Waals surface area contributed by atoms with Crippen LogP contribution in [0.25, 0.3) is 0 Å². The lowest BCUT2D eigenvalue weighted by molar-refractivity contribution is 0.0593. The minimum Gasteiger partial charge on any atom is -0.464 e. The summed E-state index contributed by atoms with van der Waals surface area (Å²) in [6, 6.07) is 8.60. The van der Waals surface area contributed by atoms with Gasteiger partial charge in [0.2, 0.25) is 0 Å². The Bertz CT molecular complexity index is 674. The maximum atomic E-state index is 12.6. The zero-order valence-corrected chi connectivity index (χ0v) is 13.2. The zero-order valence-electron chi connectivity index (χ0n) is 13.2. The lowest BCUT2D eigenvalue weighted by atomic mass is 10.2. The van der Waals surface area contributed by atoms with Crippen molar-refractivity contribution >= 4 is 11.9 Å². The summed E-state index contributed by atoms with van der Waals surface area (Å²) in [5, 5.41) is 0. The number of aromatic nitrogens is 2. The molecule has 0 fully saturated rings. The molecule has 120 valence electrons. The van der Waals surface area contributed by atoms with Gasteiger partial charge in [-0.2, -0.15) is 0 Å². The molecule has 0 bridgehead atoms. The first kappa shape index (κ1) is 16.6. The molecule has 23 heavy (non-hydrogen) atoms. The van der Waals surface area contributed by atoms with Crippen molar-refractivity contribution in [1.82, 2.24) is 14.9 Å². The number of likely N-dealkylation sites (N-methyl/N-ethyl adjacent to an activating group) is 1. The molecule has 0 saturated heterocycles. The summed E-state index contributed by atoms with van der Waals surface area (Å²) >= 11 is 0. The van der Waals surface area contributed by atoms with E-state index < -0.39 is 5.97 Å². The van der Waals surface area contributed by atoms with Crippen molar-refractivity contribution in [2.75, 3.05) is 20.2 Å². The van der Waals surface area contributed by atoms with Gasteiger partial charge in [-0.1, -0.05) is 6.07 Å². The van der Waals surface area contributed by atoms with E-state index in [-0.39, 0.29) is 17.3 Å². The predicted octanol–water partition coefficient (Wildman–Crippen LogP) is 1.97. The van der Waals surface area contributed by atoms with Crippen molar-refractivity contribution in [3.8, 4) is 0 Å². The average molecular weight is 313 g/mol. The highest BCUT2D eigenvalue weighted by Gasteiger charge is 2.17. The molecule has 6 heteroatoms. The molecule has 0 spiro atoms. The Morgan fingerprint density at radius 3 is 2.48 bits per heavy atom. The van der Waals surface area contributed by atoms with Crippen LogP contribution >= 0.6 is 0 Å². The molecule has 2 heterocycles. The van der Waals surface area contributed by atoms with Gasteiger partial charge in [-0.15, -0.1) is 0 Å². The van der Waals surface area contributed by atoms with Crippen molar-refractivity contribution in [3.05, 3.63) is 59.7 Å². The van der Waals surface area contributed by atoms with E-state index in [9.17, 15) is 9.59 Å². The second-order valence-corrected chi connectivity index (χ2v) is 4.89. The average Bonchev–Trinajstić information content (AvgIpc) is 2.62. The predicted molar refractivity (Wildman–Crippen MR) is 85.1 cm³/mol. The number of ether oxygens (including phenoxy) is 1. The Kier molecular flexibility index (Phi) is 5.80. The van der Waals surface area contributed by atoms with Crippen LogP contribution in [0.1, 0.15) is 33.5 Å². The molecular weight excluding hydrogens is 294 g/mol. The molecule has 2 rings (SSSR count). The number of esters is 1. The van der Waals surface area contributed by atoms with Gasteiger partial charge in [0.1, 0.15) is 11.4 Å². The highest BCUT2D eigenvalue weighted by molar-refractivity contribution is 5.94. The fraction of sp³-hybridized carbons (Fsp3) is 0.294. The Morgan fingerprint density at radius 1 is 1.13 bits per heavy atom.